The van der Waals surface area contributed by atoms with Crippen molar-refractivity contribution in [3.05, 3.63) is 0 Å². The predicted molar refractivity (Wildman–Crippen MR) is 47.2 cm³/mol. The topological polar surface area (TPSA) is 32.3 Å². The SMILES string of the molecule is CC#CCNC(C)C(O)CC. The van der Waals surface area contributed by atoms with Crippen LogP contribution in [-0.2, 0) is 0 Å². The van der Waals surface area contributed by atoms with Crippen LogP contribution in [0.15, 0.2) is 0 Å². The summed E-state index contributed by atoms with van der Waals surface area (Å²) in [6.45, 7) is 6.40. The third-order valence-corrected chi connectivity index (χ3v) is 1.68. The van der Waals surface area contributed by atoms with Crippen LogP contribution in [0.1, 0.15) is 27.2 Å². The average Bonchev–Trinajstić information content (AvgIpc) is 2.03. The maximum Gasteiger partial charge on any atom is 0.0688 e. The fraction of sp³-hybridized carbons (Fsp3) is 0.778. The Bertz CT molecular complexity index is 145. The Morgan fingerprint density at radius 2 is 2.18 bits per heavy atom. The lowest BCUT2D eigenvalue weighted by molar-refractivity contribution is 0.132. The monoisotopic (exact) mass is 155 g/mol. The van der Waals surface area contributed by atoms with Gasteiger partial charge >= 0.3 is 0 Å². The summed E-state index contributed by atoms with van der Waals surface area (Å²) < 4.78 is 0. The molecule has 0 amide bonds. The Morgan fingerprint density at radius 3 is 2.64 bits per heavy atom. The van der Waals surface area contributed by atoms with Gasteiger partial charge in [0.25, 0.3) is 0 Å². The first-order chi connectivity index (χ1) is 5.22. The summed E-state index contributed by atoms with van der Waals surface area (Å²) in [6.07, 6.45) is 0.530. The van der Waals surface area contributed by atoms with Crippen molar-refractivity contribution < 1.29 is 5.11 Å². The van der Waals surface area contributed by atoms with Crippen LogP contribution in [0.25, 0.3) is 0 Å². The molecule has 2 atom stereocenters. The van der Waals surface area contributed by atoms with Crippen LogP contribution in [0.4, 0.5) is 0 Å². The van der Waals surface area contributed by atoms with Crippen LogP contribution in [0, 0.1) is 11.8 Å². The van der Waals surface area contributed by atoms with E-state index in [2.05, 4.69) is 17.2 Å². The van der Waals surface area contributed by atoms with E-state index in [1.54, 1.807) is 0 Å². The molecular formula is C9H17NO. The third-order valence-electron chi connectivity index (χ3n) is 1.68. The van der Waals surface area contributed by atoms with Gasteiger partial charge in [0.2, 0.25) is 0 Å². The molecule has 2 nitrogen and oxygen atoms in total. The summed E-state index contributed by atoms with van der Waals surface area (Å²) in [5, 5.41) is 12.4. The molecule has 0 aliphatic carbocycles. The van der Waals surface area contributed by atoms with Crippen LogP contribution >= 0.6 is 0 Å². The lowest BCUT2D eigenvalue weighted by Crippen LogP contribution is -2.37. The third kappa shape index (κ3) is 4.83. The second-order valence-corrected chi connectivity index (χ2v) is 2.57. The quantitative estimate of drug-likeness (QED) is 0.587. The molecule has 0 aliphatic heterocycles. The van der Waals surface area contributed by atoms with Crippen molar-refractivity contribution in [1.82, 2.24) is 5.32 Å². The summed E-state index contributed by atoms with van der Waals surface area (Å²) in [5.41, 5.74) is 0. The molecule has 2 N–H and O–H groups in total. The zero-order valence-corrected chi connectivity index (χ0v) is 7.52. The smallest absolute Gasteiger partial charge is 0.0688 e. The van der Waals surface area contributed by atoms with E-state index < -0.39 is 0 Å². The van der Waals surface area contributed by atoms with Gasteiger partial charge in [0, 0.05) is 6.04 Å². The van der Waals surface area contributed by atoms with E-state index in [1.807, 2.05) is 20.8 Å². The Morgan fingerprint density at radius 1 is 1.55 bits per heavy atom. The van der Waals surface area contributed by atoms with E-state index in [0.717, 1.165) is 6.42 Å². The van der Waals surface area contributed by atoms with Gasteiger partial charge in [-0.25, -0.2) is 0 Å². The van der Waals surface area contributed by atoms with E-state index in [0.29, 0.717) is 6.54 Å². The van der Waals surface area contributed by atoms with Crippen LogP contribution < -0.4 is 5.32 Å². The summed E-state index contributed by atoms with van der Waals surface area (Å²) in [5.74, 6) is 5.67. The van der Waals surface area contributed by atoms with Gasteiger partial charge in [-0.3, -0.25) is 0 Å². The molecule has 0 aromatic carbocycles. The first kappa shape index (κ1) is 10.5. The van der Waals surface area contributed by atoms with E-state index in [9.17, 15) is 5.11 Å². The van der Waals surface area contributed by atoms with Crippen LogP contribution in [0.5, 0.6) is 0 Å². The predicted octanol–water partition coefficient (Wildman–Crippen LogP) is 0.759. The number of aliphatic hydroxyl groups is 1. The second kappa shape index (κ2) is 6.21. The first-order valence-electron chi connectivity index (χ1n) is 4.03. The molecule has 0 radical (unpaired) electrons. The maximum atomic E-state index is 9.32. The molecule has 0 saturated carbocycles. The minimum atomic E-state index is -0.256. The Balaban J connectivity index is 3.48. The Hall–Kier alpha value is -0.520. The van der Waals surface area contributed by atoms with Gasteiger partial charge in [0.15, 0.2) is 0 Å². The van der Waals surface area contributed by atoms with Crippen molar-refractivity contribution in [2.75, 3.05) is 6.54 Å². The molecule has 2 heteroatoms. The number of rotatable bonds is 4. The van der Waals surface area contributed by atoms with Crippen LogP contribution in [0.2, 0.25) is 0 Å². The molecule has 0 saturated heterocycles. The van der Waals surface area contributed by atoms with E-state index >= 15 is 0 Å². The summed E-state index contributed by atoms with van der Waals surface area (Å²) in [4.78, 5) is 0. The fourth-order valence-corrected chi connectivity index (χ4v) is 0.790. The number of nitrogens with one attached hydrogen (secondary N) is 1. The summed E-state index contributed by atoms with van der Waals surface area (Å²) in [6, 6.07) is 0.140. The molecule has 0 fully saturated rings. The normalized spacial score (nSPS) is 14.9. The van der Waals surface area contributed by atoms with Crippen molar-refractivity contribution >= 4 is 0 Å². The van der Waals surface area contributed by atoms with Gasteiger partial charge in [-0.1, -0.05) is 12.8 Å². The lowest BCUT2D eigenvalue weighted by Gasteiger charge is -2.16. The average molecular weight is 155 g/mol. The second-order valence-electron chi connectivity index (χ2n) is 2.57. The van der Waals surface area contributed by atoms with Crippen molar-refractivity contribution in [3.8, 4) is 11.8 Å². The van der Waals surface area contributed by atoms with Crippen molar-refractivity contribution in [3.63, 3.8) is 0 Å². The maximum absolute atomic E-state index is 9.32. The highest BCUT2D eigenvalue weighted by Gasteiger charge is 2.09. The van der Waals surface area contributed by atoms with Crippen molar-refractivity contribution in [2.24, 2.45) is 0 Å². The van der Waals surface area contributed by atoms with E-state index in [-0.39, 0.29) is 12.1 Å². The van der Waals surface area contributed by atoms with Crippen molar-refractivity contribution in [2.45, 2.75) is 39.3 Å². The molecule has 2 unspecified atom stereocenters. The van der Waals surface area contributed by atoms with Gasteiger partial charge in [-0.15, -0.1) is 5.92 Å². The largest absolute Gasteiger partial charge is 0.392 e. The van der Waals surface area contributed by atoms with Gasteiger partial charge in [0.1, 0.15) is 0 Å². The molecular weight excluding hydrogens is 138 g/mol. The standard InChI is InChI=1S/C9H17NO/c1-4-6-7-10-8(3)9(11)5-2/h8-11H,5,7H2,1-3H3. The molecule has 0 aromatic rings. The zero-order chi connectivity index (χ0) is 8.69. The molecule has 0 aliphatic rings. The molecule has 0 aromatic heterocycles. The first-order valence-corrected chi connectivity index (χ1v) is 4.03. The minimum Gasteiger partial charge on any atom is -0.392 e. The molecule has 0 heterocycles. The Labute approximate surface area is 69.0 Å². The minimum absolute atomic E-state index is 0.140. The number of aliphatic hydroxyl groups excluding tert-OH is 1. The Kier molecular flexibility index (Phi) is 5.91. The van der Waals surface area contributed by atoms with Crippen LogP contribution in [-0.4, -0.2) is 23.8 Å². The molecule has 64 valence electrons. The van der Waals surface area contributed by atoms with E-state index in [1.165, 1.54) is 0 Å². The van der Waals surface area contributed by atoms with Gasteiger partial charge in [-0.05, 0) is 20.3 Å². The van der Waals surface area contributed by atoms with Gasteiger partial charge < -0.3 is 10.4 Å². The highest BCUT2D eigenvalue weighted by atomic mass is 16.3. The lowest BCUT2D eigenvalue weighted by atomic mass is 10.1. The molecule has 0 bridgehead atoms. The highest BCUT2D eigenvalue weighted by molar-refractivity contribution is 4.97. The number of hydrogen-bond donors (Lipinski definition) is 2. The molecule has 0 spiro atoms. The molecule has 0 rings (SSSR count). The summed E-state index contributed by atoms with van der Waals surface area (Å²) >= 11 is 0. The summed E-state index contributed by atoms with van der Waals surface area (Å²) in [7, 11) is 0. The van der Waals surface area contributed by atoms with Crippen molar-refractivity contribution in [1.29, 1.82) is 0 Å². The molecule has 11 heavy (non-hydrogen) atoms. The van der Waals surface area contributed by atoms with Gasteiger partial charge in [0.05, 0.1) is 12.6 Å². The van der Waals surface area contributed by atoms with Gasteiger partial charge in [-0.2, -0.15) is 0 Å². The van der Waals surface area contributed by atoms with Crippen LogP contribution in [0.3, 0.4) is 0 Å². The fourth-order valence-electron chi connectivity index (χ4n) is 0.790. The highest BCUT2D eigenvalue weighted by Crippen LogP contribution is 1.95. The zero-order valence-electron chi connectivity index (χ0n) is 7.52. The number of hydrogen-bond acceptors (Lipinski definition) is 2. The van der Waals surface area contributed by atoms with E-state index in [4.69, 9.17) is 0 Å².